The number of piperidine rings is 2. The minimum absolute atomic E-state index is 0.0363. The summed E-state index contributed by atoms with van der Waals surface area (Å²) in [5.41, 5.74) is 2.95. The number of hydrogen-bond acceptors (Lipinski definition) is 7. The molecule has 6 aliphatic rings. The molecule has 1 saturated carbocycles. The maximum atomic E-state index is 13.8. The van der Waals surface area contributed by atoms with E-state index in [0.717, 1.165) is 37.2 Å². The van der Waals surface area contributed by atoms with Crippen molar-refractivity contribution in [1.29, 1.82) is 0 Å². The highest BCUT2D eigenvalue weighted by Crippen LogP contribution is 2.66. The van der Waals surface area contributed by atoms with Crippen LogP contribution in [0, 0.1) is 11.8 Å². The molecular weight excluding hydrogens is 476 g/mol. The van der Waals surface area contributed by atoms with E-state index in [0.29, 0.717) is 18.9 Å². The van der Waals surface area contributed by atoms with Gasteiger partial charge < -0.3 is 28.9 Å². The van der Waals surface area contributed by atoms with E-state index in [-0.39, 0.29) is 46.9 Å². The van der Waals surface area contributed by atoms with Gasteiger partial charge in [0.25, 0.3) is 0 Å². The van der Waals surface area contributed by atoms with Crippen LogP contribution in [0.2, 0.25) is 0 Å². The van der Waals surface area contributed by atoms with Gasteiger partial charge in [-0.1, -0.05) is 11.6 Å². The Morgan fingerprint density at radius 3 is 2.49 bits per heavy atom. The summed E-state index contributed by atoms with van der Waals surface area (Å²) in [5.74, 6) is 0.963. The molecule has 0 radical (unpaired) electrons. The van der Waals surface area contributed by atoms with Crippen molar-refractivity contribution in [3.63, 3.8) is 0 Å². The summed E-state index contributed by atoms with van der Waals surface area (Å²) in [6, 6.07) is 3.85. The fraction of sp³-hybridized carbons (Fsp3) is 0.593. The van der Waals surface area contributed by atoms with E-state index in [4.69, 9.17) is 14.2 Å². The molecule has 2 bridgehead atoms. The topological polar surface area (TPSA) is 91.9 Å². The third kappa shape index (κ3) is 2.96. The highest BCUT2D eigenvalue weighted by molar-refractivity contribution is 6.00. The van der Waals surface area contributed by atoms with E-state index in [2.05, 4.69) is 11.0 Å². The third-order valence-corrected chi connectivity index (χ3v) is 9.50. The minimum atomic E-state index is -0.587. The fourth-order valence-corrected chi connectivity index (χ4v) is 8.08. The van der Waals surface area contributed by atoms with Crippen LogP contribution < -0.4 is 14.4 Å². The molecule has 37 heavy (non-hydrogen) atoms. The van der Waals surface area contributed by atoms with E-state index in [9.17, 15) is 14.4 Å². The predicted octanol–water partition coefficient (Wildman–Crippen LogP) is 2.21. The lowest BCUT2D eigenvalue weighted by molar-refractivity contribution is -0.132. The molecule has 10 heteroatoms. The van der Waals surface area contributed by atoms with Crippen molar-refractivity contribution in [3.05, 3.63) is 29.3 Å². The summed E-state index contributed by atoms with van der Waals surface area (Å²) >= 11 is 0. The molecule has 1 aromatic rings. The van der Waals surface area contributed by atoms with Gasteiger partial charge in [0.2, 0.25) is 5.91 Å². The number of amides is 3. The molecule has 0 N–H and O–H groups in total. The first kappa shape index (κ1) is 23.0. The van der Waals surface area contributed by atoms with Gasteiger partial charge in [-0.05, 0) is 36.9 Å². The number of anilines is 1. The van der Waals surface area contributed by atoms with Gasteiger partial charge in [0.15, 0.2) is 11.5 Å². The van der Waals surface area contributed by atoms with Crippen molar-refractivity contribution in [2.24, 2.45) is 11.8 Å². The van der Waals surface area contributed by atoms with E-state index in [1.54, 1.807) is 34.3 Å². The van der Waals surface area contributed by atoms with Gasteiger partial charge in [0, 0.05) is 58.2 Å². The first-order valence-electron chi connectivity index (χ1n) is 13.0. The Balaban J connectivity index is 1.43. The zero-order chi connectivity index (χ0) is 25.8. The molecule has 4 fully saturated rings. The molecule has 6 unspecified atom stereocenters. The fourth-order valence-electron chi connectivity index (χ4n) is 8.08. The van der Waals surface area contributed by atoms with Gasteiger partial charge in [0.05, 0.1) is 30.9 Å². The van der Waals surface area contributed by atoms with E-state index in [1.807, 2.05) is 11.0 Å². The van der Waals surface area contributed by atoms with Crippen LogP contribution >= 0.6 is 0 Å². The smallest absolute Gasteiger partial charge is 0.406 e. The molecule has 7 rings (SSSR count). The first-order valence-corrected chi connectivity index (χ1v) is 13.0. The number of rotatable bonds is 2. The molecule has 196 valence electrons. The largest absolute Gasteiger partial charge is 0.414 e. The van der Waals surface area contributed by atoms with E-state index in [1.165, 1.54) is 15.4 Å². The highest BCUT2D eigenvalue weighted by atomic mass is 16.6. The van der Waals surface area contributed by atoms with Gasteiger partial charge in [-0.2, -0.15) is 0 Å². The minimum Gasteiger partial charge on any atom is -0.406 e. The standard InChI is InChI=1S/C27H32N4O6/c1-28(2)25(33)36-18-10-16-17(11-19(18)37-26(34)29(3)4)31-22(32)12-20-23-15-9-21-27(16,24(23)31)6-7-30(21)13-14(15)5-8-35-20/h5,10-11,15,20-21,23-24H,6-9,12-13H2,1-4H3. The SMILES string of the molecule is CN(C)C(=O)Oc1cc2c(cc1OC(=O)N(C)C)C13CCN4CC5=CCOC6CC(=O)N2C1C6C5CC43. The van der Waals surface area contributed by atoms with E-state index >= 15 is 0 Å². The van der Waals surface area contributed by atoms with Crippen LogP contribution in [0.1, 0.15) is 24.8 Å². The molecule has 3 saturated heterocycles. The Kier molecular flexibility index (Phi) is 4.80. The first-order chi connectivity index (χ1) is 17.7. The molecule has 3 amide bonds. The van der Waals surface area contributed by atoms with Gasteiger partial charge in [-0.15, -0.1) is 0 Å². The summed E-state index contributed by atoms with van der Waals surface area (Å²) < 4.78 is 17.7. The van der Waals surface area contributed by atoms with Crippen molar-refractivity contribution >= 4 is 23.8 Å². The van der Waals surface area contributed by atoms with Crippen molar-refractivity contribution < 1.29 is 28.6 Å². The molecular formula is C27H32N4O6. The van der Waals surface area contributed by atoms with Gasteiger partial charge in [-0.25, -0.2) is 9.59 Å². The predicted molar refractivity (Wildman–Crippen MR) is 133 cm³/mol. The summed E-state index contributed by atoms with van der Waals surface area (Å²) in [7, 11) is 6.39. The highest BCUT2D eigenvalue weighted by Gasteiger charge is 2.71. The van der Waals surface area contributed by atoms with Crippen molar-refractivity contribution in [2.75, 3.05) is 52.8 Å². The lowest BCUT2D eigenvalue weighted by atomic mass is 9.53. The second kappa shape index (κ2) is 7.70. The van der Waals surface area contributed by atoms with Crippen LogP contribution in [0.25, 0.3) is 0 Å². The van der Waals surface area contributed by atoms with Crippen LogP contribution in [0.3, 0.4) is 0 Å². The van der Waals surface area contributed by atoms with Gasteiger partial charge >= 0.3 is 12.2 Å². The van der Waals surface area contributed by atoms with Crippen LogP contribution in [0.5, 0.6) is 11.5 Å². The van der Waals surface area contributed by atoms with Crippen LogP contribution in [0.4, 0.5) is 15.3 Å². The molecule has 1 aromatic carbocycles. The zero-order valence-electron chi connectivity index (χ0n) is 21.6. The molecule has 6 atom stereocenters. The van der Waals surface area contributed by atoms with Crippen molar-refractivity contribution in [3.8, 4) is 11.5 Å². The van der Waals surface area contributed by atoms with Crippen LogP contribution in [-0.4, -0.2) is 98.9 Å². The second-order valence-electron chi connectivity index (χ2n) is 11.6. The quantitative estimate of drug-likeness (QED) is 0.566. The normalized spacial score (nSPS) is 34.4. The summed E-state index contributed by atoms with van der Waals surface area (Å²) in [4.78, 5) is 46.1. The Hall–Kier alpha value is -3.11. The molecule has 1 aliphatic carbocycles. The zero-order valence-corrected chi connectivity index (χ0v) is 21.6. The number of carbonyl (C=O) groups excluding carboxylic acids is 3. The molecule has 1 spiro atoms. The number of benzene rings is 1. The number of nitrogens with zero attached hydrogens (tertiary/aromatic N) is 4. The average Bonchev–Trinajstić information content (AvgIpc) is 3.31. The van der Waals surface area contributed by atoms with E-state index < -0.39 is 12.2 Å². The van der Waals surface area contributed by atoms with Crippen LogP contribution in [-0.2, 0) is 14.9 Å². The number of ether oxygens (including phenoxy) is 3. The average molecular weight is 509 g/mol. The maximum absolute atomic E-state index is 13.8. The number of carbonyl (C=O) groups is 3. The van der Waals surface area contributed by atoms with Gasteiger partial charge in [-0.3, -0.25) is 9.69 Å². The third-order valence-electron chi connectivity index (χ3n) is 9.50. The number of fused-ring (bicyclic) bond motifs is 2. The van der Waals surface area contributed by atoms with Crippen molar-refractivity contribution in [2.45, 2.75) is 42.9 Å². The Morgan fingerprint density at radius 2 is 1.78 bits per heavy atom. The lowest BCUT2D eigenvalue weighted by Crippen LogP contribution is -2.69. The Labute approximate surface area is 215 Å². The molecule has 0 aromatic heterocycles. The van der Waals surface area contributed by atoms with Crippen LogP contribution in [0.15, 0.2) is 23.8 Å². The van der Waals surface area contributed by atoms with Crippen molar-refractivity contribution in [1.82, 2.24) is 14.7 Å². The second-order valence-corrected chi connectivity index (χ2v) is 11.6. The molecule has 5 heterocycles. The molecule has 5 aliphatic heterocycles. The summed E-state index contributed by atoms with van der Waals surface area (Å²) in [6.07, 6.45) is 3.29. The summed E-state index contributed by atoms with van der Waals surface area (Å²) in [6.45, 7) is 2.45. The Bertz CT molecular complexity index is 1260. The lowest BCUT2D eigenvalue weighted by Gasteiger charge is -2.58. The maximum Gasteiger partial charge on any atom is 0.414 e. The molecule has 10 nitrogen and oxygen atoms in total. The number of hydrogen-bond donors (Lipinski definition) is 0. The Morgan fingerprint density at radius 1 is 1.08 bits per heavy atom. The summed E-state index contributed by atoms with van der Waals surface area (Å²) in [5, 5.41) is 0. The monoisotopic (exact) mass is 508 g/mol. The van der Waals surface area contributed by atoms with Gasteiger partial charge in [0.1, 0.15) is 0 Å².